The molecule has 3 aliphatic rings. The monoisotopic (exact) mass is 374 g/mol. The van der Waals surface area contributed by atoms with E-state index in [9.17, 15) is 9.59 Å². The zero-order valence-corrected chi connectivity index (χ0v) is 15.6. The molecule has 4 rings (SSSR count). The second-order valence-corrected chi connectivity index (χ2v) is 7.28. The summed E-state index contributed by atoms with van der Waals surface area (Å²) in [6, 6.07) is 5.86. The lowest BCUT2D eigenvalue weighted by Gasteiger charge is -2.24. The Balaban J connectivity index is 1.50. The molecule has 0 unspecified atom stereocenters. The second kappa shape index (κ2) is 7.76. The highest BCUT2D eigenvalue weighted by Gasteiger charge is 2.43. The van der Waals surface area contributed by atoms with Crippen LogP contribution >= 0.6 is 0 Å². The van der Waals surface area contributed by atoms with Gasteiger partial charge in [0.05, 0.1) is 12.5 Å². The van der Waals surface area contributed by atoms with Crippen molar-refractivity contribution in [2.24, 2.45) is 5.92 Å². The summed E-state index contributed by atoms with van der Waals surface area (Å²) in [6.07, 6.45) is 2.31. The molecule has 7 heteroatoms. The highest BCUT2D eigenvalue weighted by atomic mass is 16.7. The largest absolute Gasteiger partial charge is 0.466 e. The van der Waals surface area contributed by atoms with E-state index in [1.54, 1.807) is 0 Å². The average Bonchev–Trinajstić information content (AvgIpc) is 3.38. The molecule has 1 aromatic carbocycles. The molecule has 0 aliphatic carbocycles. The number of esters is 1. The summed E-state index contributed by atoms with van der Waals surface area (Å²) in [5.74, 6) is 1.24. The number of carbonyl (C=O) groups is 2. The quantitative estimate of drug-likeness (QED) is 0.763. The Morgan fingerprint density at radius 1 is 1.33 bits per heavy atom. The maximum atomic E-state index is 12.7. The van der Waals surface area contributed by atoms with E-state index in [2.05, 4.69) is 5.32 Å². The Morgan fingerprint density at radius 2 is 2.19 bits per heavy atom. The Kier molecular flexibility index (Phi) is 5.20. The summed E-state index contributed by atoms with van der Waals surface area (Å²) >= 11 is 0. The van der Waals surface area contributed by atoms with Crippen LogP contribution in [0.15, 0.2) is 18.2 Å². The van der Waals surface area contributed by atoms with E-state index in [1.165, 1.54) is 0 Å². The zero-order chi connectivity index (χ0) is 18.8. The van der Waals surface area contributed by atoms with Gasteiger partial charge in [-0.3, -0.25) is 9.59 Å². The number of carbonyl (C=O) groups excluding carboxylic acids is 2. The lowest BCUT2D eigenvalue weighted by molar-refractivity contribution is -0.148. The molecule has 0 saturated carbocycles. The van der Waals surface area contributed by atoms with Crippen LogP contribution in [0.1, 0.15) is 37.7 Å². The van der Waals surface area contributed by atoms with Crippen molar-refractivity contribution in [1.82, 2.24) is 10.2 Å². The van der Waals surface area contributed by atoms with Crippen molar-refractivity contribution in [3.05, 3.63) is 23.8 Å². The van der Waals surface area contributed by atoms with Crippen molar-refractivity contribution in [3.8, 4) is 11.5 Å². The summed E-state index contributed by atoms with van der Waals surface area (Å²) in [5, 5.41) is 3.49. The maximum Gasteiger partial charge on any atom is 0.311 e. The van der Waals surface area contributed by atoms with Crippen LogP contribution in [0.4, 0.5) is 0 Å². The van der Waals surface area contributed by atoms with Crippen LogP contribution in [0, 0.1) is 5.92 Å². The molecule has 7 nitrogen and oxygen atoms in total. The number of hydrogen-bond donors (Lipinski definition) is 1. The van der Waals surface area contributed by atoms with Gasteiger partial charge in [0.15, 0.2) is 11.5 Å². The first-order valence-electron chi connectivity index (χ1n) is 9.74. The Hall–Kier alpha value is -2.28. The van der Waals surface area contributed by atoms with Gasteiger partial charge in [-0.05, 0) is 37.5 Å². The predicted octanol–water partition coefficient (Wildman–Crippen LogP) is 1.66. The first-order valence-corrected chi connectivity index (χ1v) is 9.74. The van der Waals surface area contributed by atoms with Crippen molar-refractivity contribution in [3.63, 3.8) is 0 Å². The number of ether oxygens (including phenoxy) is 3. The van der Waals surface area contributed by atoms with Gasteiger partial charge in [0.25, 0.3) is 0 Å². The van der Waals surface area contributed by atoms with Crippen molar-refractivity contribution in [2.45, 2.75) is 38.1 Å². The molecule has 3 heterocycles. The lowest BCUT2D eigenvalue weighted by Crippen LogP contribution is -2.37. The van der Waals surface area contributed by atoms with Gasteiger partial charge in [0.1, 0.15) is 0 Å². The minimum absolute atomic E-state index is 0.00660. The van der Waals surface area contributed by atoms with Crippen LogP contribution in [-0.4, -0.2) is 55.9 Å². The third-order valence-electron chi connectivity index (χ3n) is 5.73. The Labute approximate surface area is 158 Å². The molecule has 0 spiro atoms. The molecule has 2 saturated heterocycles. The van der Waals surface area contributed by atoms with Crippen molar-refractivity contribution in [2.75, 3.05) is 33.0 Å². The van der Waals surface area contributed by atoms with Gasteiger partial charge in [-0.15, -0.1) is 0 Å². The number of nitrogens with one attached hydrogen (secondary N) is 1. The number of fused-ring (bicyclic) bond motifs is 1. The van der Waals surface area contributed by atoms with E-state index in [4.69, 9.17) is 14.2 Å². The SMILES string of the molecule is CCOC(=O)[C@H]1[C@H](CCN2CCCC2=O)NC[C@@H]1c1ccc2c(c1)OCO2. The fraction of sp³-hybridized carbons (Fsp3) is 0.600. The Morgan fingerprint density at radius 3 is 2.96 bits per heavy atom. The molecular weight excluding hydrogens is 348 g/mol. The molecule has 1 aromatic rings. The third-order valence-corrected chi connectivity index (χ3v) is 5.73. The molecule has 146 valence electrons. The van der Waals surface area contributed by atoms with Gasteiger partial charge in [-0.25, -0.2) is 0 Å². The number of amides is 1. The van der Waals surface area contributed by atoms with Crippen LogP contribution in [0.5, 0.6) is 11.5 Å². The molecule has 0 radical (unpaired) electrons. The van der Waals surface area contributed by atoms with Gasteiger partial charge >= 0.3 is 5.97 Å². The average molecular weight is 374 g/mol. The first-order chi connectivity index (χ1) is 13.2. The summed E-state index contributed by atoms with van der Waals surface area (Å²) < 4.78 is 16.3. The highest BCUT2D eigenvalue weighted by molar-refractivity contribution is 5.78. The van der Waals surface area contributed by atoms with E-state index < -0.39 is 0 Å². The van der Waals surface area contributed by atoms with Gasteiger partial charge in [-0.2, -0.15) is 0 Å². The molecule has 0 aromatic heterocycles. The smallest absolute Gasteiger partial charge is 0.311 e. The maximum absolute atomic E-state index is 12.7. The minimum atomic E-state index is -0.275. The van der Waals surface area contributed by atoms with Crippen molar-refractivity contribution >= 4 is 11.9 Å². The molecule has 3 aliphatic heterocycles. The van der Waals surface area contributed by atoms with Gasteiger partial charge in [-0.1, -0.05) is 6.07 Å². The third kappa shape index (κ3) is 3.60. The van der Waals surface area contributed by atoms with Gasteiger partial charge in [0, 0.05) is 38.0 Å². The number of nitrogens with zero attached hydrogens (tertiary/aromatic N) is 1. The number of benzene rings is 1. The van der Waals surface area contributed by atoms with E-state index in [0.717, 1.165) is 36.4 Å². The van der Waals surface area contributed by atoms with Crippen LogP contribution < -0.4 is 14.8 Å². The lowest BCUT2D eigenvalue weighted by atomic mass is 9.84. The summed E-state index contributed by atoms with van der Waals surface area (Å²) in [6.45, 7) is 4.62. The first kappa shape index (κ1) is 18.1. The zero-order valence-electron chi connectivity index (χ0n) is 15.6. The summed E-state index contributed by atoms with van der Waals surface area (Å²) in [5.41, 5.74) is 1.05. The molecule has 0 bridgehead atoms. The van der Waals surface area contributed by atoms with Crippen molar-refractivity contribution in [1.29, 1.82) is 0 Å². The summed E-state index contributed by atoms with van der Waals surface area (Å²) in [7, 11) is 0. The highest BCUT2D eigenvalue weighted by Crippen LogP contribution is 2.40. The van der Waals surface area contributed by atoms with Crippen LogP contribution in [0.2, 0.25) is 0 Å². The fourth-order valence-corrected chi connectivity index (χ4v) is 4.37. The molecule has 1 N–H and O–H groups in total. The summed E-state index contributed by atoms with van der Waals surface area (Å²) in [4.78, 5) is 26.5. The standard InChI is InChI=1S/C20H26N2O5/c1-2-25-20(24)19-14(13-5-6-16-17(10-13)27-12-26-16)11-21-15(19)7-9-22-8-3-4-18(22)23/h5-6,10,14-15,19,21H,2-4,7-9,11-12H2,1H3/t14-,15+,19-/m1/s1. The number of rotatable bonds is 6. The number of hydrogen-bond acceptors (Lipinski definition) is 6. The van der Waals surface area contributed by atoms with Crippen LogP contribution in [-0.2, 0) is 14.3 Å². The molecule has 27 heavy (non-hydrogen) atoms. The van der Waals surface area contributed by atoms with Crippen molar-refractivity contribution < 1.29 is 23.8 Å². The van der Waals surface area contributed by atoms with Gasteiger partial charge < -0.3 is 24.4 Å². The van der Waals surface area contributed by atoms with E-state index in [-0.39, 0.29) is 36.5 Å². The van der Waals surface area contributed by atoms with Gasteiger partial charge in [0.2, 0.25) is 12.7 Å². The van der Waals surface area contributed by atoms with Crippen LogP contribution in [0.3, 0.4) is 0 Å². The fourth-order valence-electron chi connectivity index (χ4n) is 4.37. The van der Waals surface area contributed by atoms with Crippen LogP contribution in [0.25, 0.3) is 0 Å². The normalized spacial score (nSPS) is 26.6. The molecule has 2 fully saturated rings. The minimum Gasteiger partial charge on any atom is -0.466 e. The topological polar surface area (TPSA) is 77.1 Å². The van der Waals surface area contributed by atoms with E-state index in [1.807, 2.05) is 30.0 Å². The van der Waals surface area contributed by atoms with E-state index in [0.29, 0.717) is 26.1 Å². The van der Waals surface area contributed by atoms with E-state index >= 15 is 0 Å². The predicted molar refractivity (Wildman–Crippen MR) is 97.7 cm³/mol. The molecule has 3 atom stereocenters. The Bertz CT molecular complexity index is 722. The molecule has 1 amide bonds. The molecular formula is C20H26N2O5. The second-order valence-electron chi connectivity index (χ2n) is 7.28. The number of likely N-dealkylation sites (tertiary alicyclic amines) is 1.